The average molecular weight is 368 g/mol. The summed E-state index contributed by atoms with van der Waals surface area (Å²) in [6.07, 6.45) is -2.55. The van der Waals surface area contributed by atoms with E-state index in [2.05, 4.69) is 9.98 Å². The highest BCUT2D eigenvalue weighted by Crippen LogP contribution is 2.28. The summed E-state index contributed by atoms with van der Waals surface area (Å²) in [4.78, 5) is 8.51. The van der Waals surface area contributed by atoms with Crippen molar-refractivity contribution in [3.63, 3.8) is 0 Å². The van der Waals surface area contributed by atoms with Crippen molar-refractivity contribution in [2.75, 3.05) is 6.61 Å². The lowest BCUT2D eigenvalue weighted by Gasteiger charge is -2.13. The lowest BCUT2D eigenvalue weighted by atomic mass is 10.2. The summed E-state index contributed by atoms with van der Waals surface area (Å²) in [5.74, 6) is 0.179. The molecule has 4 nitrogen and oxygen atoms in total. The fourth-order valence-corrected chi connectivity index (χ4v) is 3.69. The molecular formula is C17H15F3N2O2S. The van der Waals surface area contributed by atoms with Gasteiger partial charge in [-0.1, -0.05) is 18.2 Å². The van der Waals surface area contributed by atoms with Crippen molar-refractivity contribution in [2.45, 2.75) is 25.3 Å². The van der Waals surface area contributed by atoms with Crippen LogP contribution in [0, 0.1) is 6.92 Å². The molecule has 0 radical (unpaired) electrons. The van der Waals surface area contributed by atoms with Crippen LogP contribution in [0.15, 0.2) is 41.5 Å². The molecule has 3 rings (SSSR count). The predicted octanol–water partition coefficient (Wildman–Crippen LogP) is 3.87. The predicted molar refractivity (Wildman–Crippen MR) is 89.6 cm³/mol. The van der Waals surface area contributed by atoms with Crippen LogP contribution < -0.4 is 4.74 Å². The summed E-state index contributed by atoms with van der Waals surface area (Å²) >= 11 is 0. The Hall–Kier alpha value is -2.22. The van der Waals surface area contributed by atoms with Crippen molar-refractivity contribution < 1.29 is 22.1 Å². The van der Waals surface area contributed by atoms with Crippen LogP contribution in [0.3, 0.4) is 0 Å². The van der Waals surface area contributed by atoms with Crippen molar-refractivity contribution in [3.8, 4) is 5.75 Å². The first kappa shape index (κ1) is 17.6. The van der Waals surface area contributed by atoms with E-state index in [1.807, 2.05) is 24.3 Å². The Labute approximate surface area is 145 Å². The Kier molecular flexibility index (Phi) is 4.89. The molecule has 132 valence electrons. The second-order valence-electron chi connectivity index (χ2n) is 5.59. The molecule has 2 aromatic rings. The quantitative estimate of drug-likeness (QED) is 0.823. The van der Waals surface area contributed by atoms with E-state index in [1.54, 1.807) is 6.92 Å². The van der Waals surface area contributed by atoms with Gasteiger partial charge in [-0.2, -0.15) is 13.2 Å². The van der Waals surface area contributed by atoms with Gasteiger partial charge in [-0.25, -0.2) is 4.99 Å². The van der Waals surface area contributed by atoms with Gasteiger partial charge in [-0.3, -0.25) is 9.19 Å². The number of hydrogen-bond donors (Lipinski definition) is 0. The molecular weight excluding hydrogens is 353 g/mol. The van der Waals surface area contributed by atoms with Crippen molar-refractivity contribution in [1.29, 1.82) is 0 Å². The number of aliphatic imine (C=N–C) groups is 1. The first-order chi connectivity index (χ1) is 11.8. The Morgan fingerprint density at radius 1 is 1.24 bits per heavy atom. The van der Waals surface area contributed by atoms with Crippen molar-refractivity contribution >= 4 is 21.5 Å². The largest absolute Gasteiger partial charge is 0.484 e. The number of ether oxygens (including phenoxy) is 1. The SMILES string of the molecule is Cc1c(OCC(F)(F)F)ccnc1CS(=O)C1=Nc2ccccc2C1. The Balaban J connectivity index is 1.72. The lowest BCUT2D eigenvalue weighted by molar-refractivity contribution is -0.153. The summed E-state index contributed by atoms with van der Waals surface area (Å²) in [6.45, 7) is 0.235. The minimum absolute atomic E-state index is 0.0852. The minimum atomic E-state index is -4.41. The number of benzene rings is 1. The molecule has 1 aromatic heterocycles. The van der Waals surface area contributed by atoms with Gasteiger partial charge < -0.3 is 4.74 Å². The number of nitrogens with zero attached hydrogens (tertiary/aromatic N) is 2. The topological polar surface area (TPSA) is 51.5 Å². The summed E-state index contributed by atoms with van der Waals surface area (Å²) in [7, 11) is -1.40. The Morgan fingerprint density at radius 2 is 2.00 bits per heavy atom. The molecule has 0 fully saturated rings. The molecule has 0 saturated carbocycles. The van der Waals surface area contributed by atoms with Crippen molar-refractivity contribution in [3.05, 3.63) is 53.3 Å². The summed E-state index contributed by atoms with van der Waals surface area (Å²) in [5, 5.41) is 0.545. The maximum Gasteiger partial charge on any atom is 0.422 e. The molecule has 8 heteroatoms. The summed E-state index contributed by atoms with van der Waals surface area (Å²) < 4.78 is 54.3. The first-order valence-corrected chi connectivity index (χ1v) is 8.83. The fourth-order valence-electron chi connectivity index (χ4n) is 2.47. The van der Waals surface area contributed by atoms with Crippen LogP contribution >= 0.6 is 0 Å². The zero-order chi connectivity index (χ0) is 18.0. The third-order valence-electron chi connectivity index (χ3n) is 3.76. The van der Waals surface area contributed by atoms with Crippen LogP contribution in [0.5, 0.6) is 5.75 Å². The van der Waals surface area contributed by atoms with E-state index in [-0.39, 0.29) is 11.5 Å². The molecule has 1 atom stereocenters. The maximum absolute atomic E-state index is 12.6. The zero-order valence-corrected chi connectivity index (χ0v) is 14.2. The third-order valence-corrected chi connectivity index (χ3v) is 5.06. The number of aromatic nitrogens is 1. The van der Waals surface area contributed by atoms with Gasteiger partial charge in [0.05, 0.1) is 27.9 Å². The van der Waals surface area contributed by atoms with Crippen LogP contribution in [-0.4, -0.2) is 27.0 Å². The molecule has 0 bridgehead atoms. The standard InChI is InChI=1S/C17H15F3N2O2S/c1-11-14(21-7-6-15(11)24-10-17(18,19)20)9-25(23)16-8-12-4-2-3-5-13(12)22-16/h2-7H,8-10H2,1H3. The summed E-state index contributed by atoms with van der Waals surface area (Å²) in [6, 6.07) is 8.91. The molecule has 1 aliphatic rings. The van der Waals surface area contributed by atoms with E-state index >= 15 is 0 Å². The van der Waals surface area contributed by atoms with Gasteiger partial charge in [0.2, 0.25) is 0 Å². The molecule has 0 N–H and O–H groups in total. The van der Waals surface area contributed by atoms with E-state index in [1.165, 1.54) is 12.3 Å². The van der Waals surface area contributed by atoms with Crippen LogP contribution in [0.1, 0.15) is 16.8 Å². The highest BCUT2D eigenvalue weighted by molar-refractivity contribution is 8.00. The number of halogens is 3. The van der Waals surface area contributed by atoms with Gasteiger partial charge in [-0.05, 0) is 24.6 Å². The van der Waals surface area contributed by atoms with E-state index in [9.17, 15) is 17.4 Å². The number of alkyl halides is 3. The Bertz CT molecular complexity index is 850. The third kappa shape index (κ3) is 4.25. The Morgan fingerprint density at radius 3 is 2.72 bits per heavy atom. The van der Waals surface area contributed by atoms with Crippen LogP contribution in [0.25, 0.3) is 0 Å². The van der Waals surface area contributed by atoms with Gasteiger partial charge in [0.1, 0.15) is 10.8 Å². The van der Waals surface area contributed by atoms with Crippen LogP contribution in [0.4, 0.5) is 18.9 Å². The normalized spacial score (nSPS) is 14.8. The number of rotatable bonds is 4. The molecule has 0 amide bonds. The van der Waals surface area contributed by atoms with Gasteiger partial charge >= 0.3 is 6.18 Å². The molecule has 1 aliphatic heterocycles. The fraction of sp³-hybridized carbons (Fsp3) is 0.294. The molecule has 0 aliphatic carbocycles. The smallest absolute Gasteiger partial charge is 0.422 e. The van der Waals surface area contributed by atoms with Gasteiger partial charge in [0, 0.05) is 18.2 Å². The lowest BCUT2D eigenvalue weighted by Crippen LogP contribution is -2.20. The second-order valence-corrected chi connectivity index (χ2v) is 7.04. The van der Waals surface area contributed by atoms with Gasteiger partial charge in [-0.15, -0.1) is 0 Å². The first-order valence-electron chi connectivity index (χ1n) is 7.51. The van der Waals surface area contributed by atoms with E-state index < -0.39 is 23.6 Å². The van der Waals surface area contributed by atoms with Crippen molar-refractivity contribution in [2.24, 2.45) is 4.99 Å². The van der Waals surface area contributed by atoms with Crippen molar-refractivity contribution in [1.82, 2.24) is 4.98 Å². The van der Waals surface area contributed by atoms with Crippen LogP contribution in [-0.2, 0) is 23.0 Å². The molecule has 2 heterocycles. The molecule has 0 saturated heterocycles. The number of pyridine rings is 1. The molecule has 1 aromatic carbocycles. The highest BCUT2D eigenvalue weighted by atomic mass is 32.2. The zero-order valence-electron chi connectivity index (χ0n) is 13.3. The summed E-state index contributed by atoms with van der Waals surface area (Å²) in [5.41, 5.74) is 2.71. The maximum atomic E-state index is 12.6. The molecule has 1 unspecified atom stereocenters. The number of fused-ring (bicyclic) bond motifs is 1. The highest BCUT2D eigenvalue weighted by Gasteiger charge is 2.29. The number of para-hydroxylation sites is 1. The monoisotopic (exact) mass is 368 g/mol. The molecule has 0 spiro atoms. The second kappa shape index (κ2) is 6.95. The van der Waals surface area contributed by atoms with E-state index in [4.69, 9.17) is 4.74 Å². The number of hydrogen-bond acceptors (Lipinski definition) is 4. The van der Waals surface area contributed by atoms with E-state index in [0.717, 1.165) is 11.3 Å². The van der Waals surface area contributed by atoms with Gasteiger partial charge in [0.15, 0.2) is 6.61 Å². The van der Waals surface area contributed by atoms with Gasteiger partial charge in [0.25, 0.3) is 0 Å². The van der Waals surface area contributed by atoms with Crippen LogP contribution in [0.2, 0.25) is 0 Å². The van der Waals surface area contributed by atoms with E-state index in [0.29, 0.717) is 22.7 Å². The molecule has 25 heavy (non-hydrogen) atoms. The minimum Gasteiger partial charge on any atom is -0.484 e. The average Bonchev–Trinajstić information content (AvgIpc) is 2.99.